The third-order valence-corrected chi connectivity index (χ3v) is 4.21. The van der Waals surface area contributed by atoms with Gasteiger partial charge in [-0.05, 0) is 13.3 Å². The van der Waals surface area contributed by atoms with Gasteiger partial charge in [0.1, 0.15) is 0 Å². The highest BCUT2D eigenvalue weighted by Gasteiger charge is 2.34. The lowest BCUT2D eigenvalue weighted by Gasteiger charge is -2.36. The van der Waals surface area contributed by atoms with Gasteiger partial charge in [0.15, 0.2) is 0 Å². The number of carbonyl (C=O) groups excluding carboxylic acids is 1. The second-order valence-electron chi connectivity index (χ2n) is 4.73. The molecular weight excluding hydrogens is 268 g/mol. The van der Waals surface area contributed by atoms with E-state index in [0.717, 1.165) is 17.0 Å². The molecule has 104 valence electrons. The van der Waals surface area contributed by atoms with Crippen molar-refractivity contribution in [1.82, 2.24) is 9.47 Å². The Hall–Kier alpha value is -1.63. The molecule has 19 heavy (non-hydrogen) atoms. The summed E-state index contributed by atoms with van der Waals surface area (Å²) in [7, 11) is 0. The van der Waals surface area contributed by atoms with E-state index >= 15 is 0 Å². The third-order valence-electron chi connectivity index (χ3n) is 3.33. The van der Waals surface area contributed by atoms with Gasteiger partial charge < -0.3 is 14.6 Å². The lowest BCUT2D eigenvalue weighted by atomic mass is 10.00. The molecule has 0 aromatic carbocycles. The zero-order valence-electron chi connectivity index (χ0n) is 10.7. The van der Waals surface area contributed by atoms with Gasteiger partial charge in [-0.15, -0.1) is 0 Å². The first-order valence-electron chi connectivity index (χ1n) is 6.14. The summed E-state index contributed by atoms with van der Waals surface area (Å²) in [4.78, 5) is 35.4. The number of carboxylic acid groups (broad SMARTS) is 1. The minimum atomic E-state index is -0.843. The summed E-state index contributed by atoms with van der Waals surface area (Å²) in [5.74, 6) is -1.28. The van der Waals surface area contributed by atoms with Crippen LogP contribution in [-0.4, -0.2) is 39.5 Å². The Labute approximate surface area is 114 Å². The Morgan fingerprint density at radius 1 is 1.47 bits per heavy atom. The molecule has 6 nitrogen and oxygen atoms in total. The van der Waals surface area contributed by atoms with Crippen LogP contribution in [0.3, 0.4) is 0 Å². The van der Waals surface area contributed by atoms with E-state index < -0.39 is 11.9 Å². The number of aliphatic carboxylic acids is 1. The Morgan fingerprint density at radius 3 is 2.68 bits per heavy atom. The molecule has 0 atom stereocenters. The van der Waals surface area contributed by atoms with E-state index in [4.69, 9.17) is 5.11 Å². The second-order valence-corrected chi connectivity index (χ2v) is 5.55. The molecule has 0 spiro atoms. The van der Waals surface area contributed by atoms with E-state index in [1.807, 2.05) is 6.92 Å². The Morgan fingerprint density at radius 2 is 2.16 bits per heavy atom. The second kappa shape index (κ2) is 5.56. The number of aromatic nitrogens is 1. The molecule has 1 saturated heterocycles. The van der Waals surface area contributed by atoms with Gasteiger partial charge in [0.25, 0.3) is 0 Å². The quantitative estimate of drug-likeness (QED) is 0.856. The van der Waals surface area contributed by atoms with Crippen molar-refractivity contribution < 1.29 is 14.7 Å². The van der Waals surface area contributed by atoms with Gasteiger partial charge >= 0.3 is 10.8 Å². The minimum Gasteiger partial charge on any atom is -0.481 e. The van der Waals surface area contributed by atoms with Crippen molar-refractivity contribution >= 4 is 23.2 Å². The molecular formula is C12H16N2O4S. The van der Waals surface area contributed by atoms with Gasteiger partial charge in [0, 0.05) is 37.1 Å². The molecule has 1 aromatic rings. The number of amides is 1. The molecule has 0 radical (unpaired) electrons. The Balaban J connectivity index is 1.74. The average molecular weight is 284 g/mol. The smallest absolute Gasteiger partial charge is 0.310 e. The highest BCUT2D eigenvalue weighted by Crippen LogP contribution is 2.17. The van der Waals surface area contributed by atoms with Crippen molar-refractivity contribution in [3.63, 3.8) is 0 Å². The molecule has 1 aliphatic heterocycles. The van der Waals surface area contributed by atoms with Crippen molar-refractivity contribution in [2.75, 3.05) is 13.1 Å². The lowest BCUT2D eigenvalue weighted by molar-refractivity contribution is -0.152. The van der Waals surface area contributed by atoms with Gasteiger partial charge in [-0.25, -0.2) is 0 Å². The van der Waals surface area contributed by atoms with Gasteiger partial charge in [-0.1, -0.05) is 11.3 Å². The van der Waals surface area contributed by atoms with Crippen molar-refractivity contribution in [2.45, 2.75) is 26.3 Å². The zero-order chi connectivity index (χ0) is 14.0. The van der Waals surface area contributed by atoms with E-state index in [1.165, 1.54) is 0 Å². The van der Waals surface area contributed by atoms with Crippen LogP contribution in [0.1, 0.15) is 18.5 Å². The molecule has 1 aromatic heterocycles. The number of thiazole rings is 1. The van der Waals surface area contributed by atoms with E-state index in [0.29, 0.717) is 32.5 Å². The summed E-state index contributed by atoms with van der Waals surface area (Å²) in [6.07, 6.45) is 0.957. The number of likely N-dealkylation sites (tertiary alicyclic amines) is 1. The van der Waals surface area contributed by atoms with Crippen molar-refractivity contribution in [3.05, 3.63) is 20.7 Å². The van der Waals surface area contributed by atoms with E-state index in [1.54, 1.807) is 14.8 Å². The van der Waals surface area contributed by atoms with E-state index in [2.05, 4.69) is 0 Å². The van der Waals surface area contributed by atoms with Crippen LogP contribution < -0.4 is 4.87 Å². The fourth-order valence-corrected chi connectivity index (χ4v) is 2.82. The molecule has 0 saturated carbocycles. The van der Waals surface area contributed by atoms with Crippen molar-refractivity contribution in [1.29, 1.82) is 0 Å². The number of hydrogen-bond donors (Lipinski definition) is 1. The third kappa shape index (κ3) is 3.04. The summed E-state index contributed by atoms with van der Waals surface area (Å²) in [6, 6.07) is 0. The molecule has 0 unspecified atom stereocenters. The van der Waals surface area contributed by atoms with Gasteiger partial charge in [-0.2, -0.15) is 0 Å². The normalized spacial score (nSPS) is 15.3. The number of nitrogens with zero attached hydrogens (tertiary/aromatic N) is 2. The number of carbonyl (C=O) groups is 2. The molecule has 2 rings (SSSR count). The first kappa shape index (κ1) is 13.8. The summed E-state index contributed by atoms with van der Waals surface area (Å²) < 4.78 is 1.66. The Bertz CT molecular complexity index is 542. The summed E-state index contributed by atoms with van der Waals surface area (Å²) in [5, 5.41) is 10.5. The van der Waals surface area contributed by atoms with Crippen LogP contribution in [0.5, 0.6) is 0 Å². The highest BCUT2D eigenvalue weighted by molar-refractivity contribution is 7.07. The fraction of sp³-hybridized carbons (Fsp3) is 0.583. The van der Waals surface area contributed by atoms with Crippen LogP contribution in [0.2, 0.25) is 0 Å². The van der Waals surface area contributed by atoms with Crippen LogP contribution in [0.4, 0.5) is 0 Å². The molecule has 7 heteroatoms. The predicted octanol–water partition coefficient (Wildman–Crippen LogP) is 0.541. The zero-order valence-corrected chi connectivity index (χ0v) is 11.5. The standard InChI is InChI=1S/C12H16N2O4S/c1-8-7-19-12(18)14(8)4-2-3-10(15)13-5-9(6-13)11(16)17/h7,9H,2-6H2,1H3,(H,16,17). The summed E-state index contributed by atoms with van der Waals surface area (Å²) >= 11 is 1.16. The van der Waals surface area contributed by atoms with Gasteiger partial charge in [0.2, 0.25) is 5.91 Å². The van der Waals surface area contributed by atoms with Crippen molar-refractivity contribution in [3.8, 4) is 0 Å². The SMILES string of the molecule is Cc1csc(=O)n1CCCC(=O)N1CC(C(=O)O)C1. The minimum absolute atomic E-state index is 0.000148. The molecule has 1 amide bonds. The molecule has 0 bridgehead atoms. The van der Waals surface area contributed by atoms with Crippen LogP contribution in [-0.2, 0) is 16.1 Å². The number of carboxylic acids is 1. The maximum atomic E-state index is 11.7. The molecule has 1 N–H and O–H groups in total. The lowest BCUT2D eigenvalue weighted by Crippen LogP contribution is -2.53. The predicted molar refractivity (Wildman–Crippen MR) is 70.3 cm³/mol. The monoisotopic (exact) mass is 284 g/mol. The van der Waals surface area contributed by atoms with Crippen LogP contribution in [0.25, 0.3) is 0 Å². The average Bonchev–Trinajstić information content (AvgIpc) is 2.57. The van der Waals surface area contributed by atoms with Gasteiger partial charge in [-0.3, -0.25) is 14.4 Å². The maximum absolute atomic E-state index is 11.7. The first-order chi connectivity index (χ1) is 8.99. The first-order valence-corrected chi connectivity index (χ1v) is 7.02. The molecule has 1 fully saturated rings. The van der Waals surface area contributed by atoms with E-state index in [9.17, 15) is 14.4 Å². The summed E-state index contributed by atoms with van der Waals surface area (Å²) in [5.41, 5.74) is 0.914. The number of hydrogen-bond acceptors (Lipinski definition) is 4. The van der Waals surface area contributed by atoms with Gasteiger partial charge in [0.05, 0.1) is 5.92 Å². The largest absolute Gasteiger partial charge is 0.481 e. The summed E-state index contributed by atoms with van der Waals surface area (Å²) in [6.45, 7) is 3.03. The van der Waals surface area contributed by atoms with Crippen LogP contribution in [0, 0.1) is 12.8 Å². The van der Waals surface area contributed by atoms with E-state index in [-0.39, 0.29) is 10.8 Å². The molecule has 2 heterocycles. The highest BCUT2D eigenvalue weighted by atomic mass is 32.1. The number of aryl methyl sites for hydroxylation is 1. The Kier molecular flexibility index (Phi) is 4.04. The topological polar surface area (TPSA) is 79.6 Å². The fourth-order valence-electron chi connectivity index (χ4n) is 2.06. The van der Waals surface area contributed by atoms with Crippen molar-refractivity contribution in [2.24, 2.45) is 5.92 Å². The van der Waals surface area contributed by atoms with Crippen LogP contribution in [0.15, 0.2) is 10.2 Å². The molecule has 1 aliphatic rings. The maximum Gasteiger partial charge on any atom is 0.310 e. The molecule has 0 aliphatic carbocycles. The van der Waals surface area contributed by atoms with Crippen LogP contribution >= 0.6 is 11.3 Å². The number of rotatable bonds is 5.